The van der Waals surface area contributed by atoms with Gasteiger partial charge in [0.2, 0.25) is 0 Å². The number of ether oxygens (including phenoxy) is 2. The van der Waals surface area contributed by atoms with Crippen LogP contribution in [0.3, 0.4) is 0 Å². The second-order valence-electron chi connectivity index (χ2n) is 6.45. The van der Waals surface area contributed by atoms with Gasteiger partial charge in [0.25, 0.3) is 11.6 Å². The summed E-state index contributed by atoms with van der Waals surface area (Å²) in [5, 5.41) is 15.9. The molecule has 1 heterocycles. The van der Waals surface area contributed by atoms with Gasteiger partial charge in [-0.3, -0.25) is 20.2 Å². The van der Waals surface area contributed by atoms with E-state index >= 15 is 0 Å². The summed E-state index contributed by atoms with van der Waals surface area (Å²) < 4.78 is 11.0. The molecule has 0 bridgehead atoms. The lowest BCUT2D eigenvalue weighted by Crippen LogP contribution is -2.20. The third kappa shape index (κ3) is 5.54. The molecule has 0 fully saturated rings. The SMILES string of the molecule is CCCOc1ccc(-c2csc(NC(=O)COc3ccc([N+](=O)[O-])c(C)c3)n2)cc1. The number of benzene rings is 2. The van der Waals surface area contributed by atoms with Crippen LogP contribution in [0.5, 0.6) is 11.5 Å². The molecule has 0 unspecified atom stereocenters. The summed E-state index contributed by atoms with van der Waals surface area (Å²) in [5.41, 5.74) is 2.15. The highest BCUT2D eigenvalue weighted by molar-refractivity contribution is 7.14. The lowest BCUT2D eigenvalue weighted by molar-refractivity contribution is -0.385. The van der Waals surface area contributed by atoms with Crippen LogP contribution in [0.4, 0.5) is 10.8 Å². The number of carbonyl (C=O) groups is 1. The van der Waals surface area contributed by atoms with Gasteiger partial charge in [-0.25, -0.2) is 4.98 Å². The summed E-state index contributed by atoms with van der Waals surface area (Å²) in [6, 6.07) is 12.0. The molecule has 2 aromatic carbocycles. The van der Waals surface area contributed by atoms with Gasteiger partial charge in [0, 0.05) is 22.6 Å². The molecule has 0 saturated carbocycles. The normalized spacial score (nSPS) is 10.5. The van der Waals surface area contributed by atoms with Crippen molar-refractivity contribution in [3.63, 3.8) is 0 Å². The van der Waals surface area contributed by atoms with Gasteiger partial charge in [-0.15, -0.1) is 11.3 Å². The Morgan fingerprint density at radius 2 is 1.90 bits per heavy atom. The van der Waals surface area contributed by atoms with Crippen LogP contribution in [0.1, 0.15) is 18.9 Å². The molecule has 0 spiro atoms. The summed E-state index contributed by atoms with van der Waals surface area (Å²) in [4.78, 5) is 27.0. The maximum Gasteiger partial charge on any atom is 0.272 e. The van der Waals surface area contributed by atoms with Gasteiger partial charge in [-0.1, -0.05) is 6.92 Å². The van der Waals surface area contributed by atoms with E-state index in [1.807, 2.05) is 29.6 Å². The number of nitrogens with one attached hydrogen (secondary N) is 1. The van der Waals surface area contributed by atoms with Crippen LogP contribution in [0, 0.1) is 17.0 Å². The van der Waals surface area contributed by atoms with Crippen LogP contribution < -0.4 is 14.8 Å². The van der Waals surface area contributed by atoms with Gasteiger partial charge in [0.15, 0.2) is 11.7 Å². The average Bonchev–Trinajstić information content (AvgIpc) is 3.19. The van der Waals surface area contributed by atoms with Crippen molar-refractivity contribution in [3.8, 4) is 22.8 Å². The molecule has 3 aromatic rings. The van der Waals surface area contributed by atoms with Gasteiger partial charge < -0.3 is 9.47 Å². The van der Waals surface area contributed by atoms with Gasteiger partial charge in [-0.2, -0.15) is 0 Å². The van der Waals surface area contributed by atoms with Crippen LogP contribution in [-0.2, 0) is 4.79 Å². The second kappa shape index (κ2) is 9.84. The number of rotatable bonds is 9. The molecule has 1 amide bonds. The van der Waals surface area contributed by atoms with Gasteiger partial charge in [-0.05, 0) is 49.7 Å². The van der Waals surface area contributed by atoms with Crippen molar-refractivity contribution < 1.29 is 19.2 Å². The topological polar surface area (TPSA) is 104 Å². The minimum atomic E-state index is -0.461. The molecular formula is C21H21N3O5S. The molecule has 9 heteroatoms. The van der Waals surface area contributed by atoms with Crippen LogP contribution >= 0.6 is 11.3 Å². The maximum atomic E-state index is 12.1. The Kier molecular flexibility index (Phi) is 6.97. The Morgan fingerprint density at radius 1 is 1.17 bits per heavy atom. The average molecular weight is 427 g/mol. The minimum absolute atomic E-state index is 0.00655. The number of aryl methyl sites for hydroxylation is 1. The monoisotopic (exact) mass is 427 g/mol. The van der Waals surface area contributed by atoms with Crippen molar-refractivity contribution >= 4 is 28.1 Å². The highest BCUT2D eigenvalue weighted by Gasteiger charge is 2.12. The third-order valence-corrected chi connectivity index (χ3v) is 4.87. The molecule has 1 aromatic heterocycles. The molecule has 0 aliphatic heterocycles. The lowest BCUT2D eigenvalue weighted by Gasteiger charge is -2.07. The predicted octanol–water partition coefficient (Wildman–Crippen LogP) is 4.83. The van der Waals surface area contributed by atoms with Crippen molar-refractivity contribution in [1.29, 1.82) is 0 Å². The van der Waals surface area contributed by atoms with E-state index in [1.54, 1.807) is 6.92 Å². The van der Waals surface area contributed by atoms with Crippen LogP contribution in [0.25, 0.3) is 11.3 Å². The van der Waals surface area contributed by atoms with Crippen molar-refractivity contribution in [2.45, 2.75) is 20.3 Å². The number of aromatic nitrogens is 1. The zero-order valence-corrected chi connectivity index (χ0v) is 17.4. The zero-order valence-electron chi connectivity index (χ0n) is 16.6. The second-order valence-corrected chi connectivity index (χ2v) is 7.31. The molecule has 0 aliphatic carbocycles. The fraction of sp³-hybridized carbons (Fsp3) is 0.238. The standard InChI is InChI=1S/C21H21N3O5S/c1-3-10-28-16-6-4-15(5-7-16)18-13-30-21(22-18)23-20(25)12-29-17-8-9-19(24(26)27)14(2)11-17/h4-9,11,13H,3,10,12H2,1-2H3,(H,22,23,25). The zero-order chi connectivity index (χ0) is 21.5. The first kappa shape index (κ1) is 21.3. The van der Waals surface area contributed by atoms with Crippen molar-refractivity contribution in [2.24, 2.45) is 0 Å². The van der Waals surface area contributed by atoms with E-state index in [9.17, 15) is 14.9 Å². The number of thiazole rings is 1. The molecule has 0 saturated heterocycles. The third-order valence-electron chi connectivity index (χ3n) is 4.11. The smallest absolute Gasteiger partial charge is 0.272 e. The number of hydrogen-bond donors (Lipinski definition) is 1. The largest absolute Gasteiger partial charge is 0.494 e. The molecule has 1 N–H and O–H groups in total. The summed E-state index contributed by atoms with van der Waals surface area (Å²) in [6.07, 6.45) is 0.949. The highest BCUT2D eigenvalue weighted by atomic mass is 32.1. The lowest BCUT2D eigenvalue weighted by atomic mass is 10.2. The number of nitrogens with zero attached hydrogens (tertiary/aromatic N) is 2. The van der Waals surface area contributed by atoms with Crippen molar-refractivity contribution in [1.82, 2.24) is 4.98 Å². The molecule has 156 valence electrons. The molecular weight excluding hydrogens is 406 g/mol. The highest BCUT2D eigenvalue weighted by Crippen LogP contribution is 2.27. The van der Waals surface area contributed by atoms with Gasteiger partial charge in [0.1, 0.15) is 11.5 Å². The number of anilines is 1. The molecule has 0 atom stereocenters. The van der Waals surface area contributed by atoms with E-state index in [0.29, 0.717) is 23.1 Å². The molecule has 0 radical (unpaired) electrons. The molecule has 3 rings (SSSR count). The maximum absolute atomic E-state index is 12.1. The van der Waals surface area contributed by atoms with Crippen LogP contribution in [0.2, 0.25) is 0 Å². The van der Waals surface area contributed by atoms with E-state index < -0.39 is 4.92 Å². The Bertz CT molecular complexity index is 1030. The number of hydrogen-bond acceptors (Lipinski definition) is 7. The first-order chi connectivity index (χ1) is 14.5. The fourth-order valence-electron chi connectivity index (χ4n) is 2.63. The van der Waals surface area contributed by atoms with E-state index in [2.05, 4.69) is 17.2 Å². The van der Waals surface area contributed by atoms with E-state index in [0.717, 1.165) is 23.4 Å². The summed E-state index contributed by atoms with van der Waals surface area (Å²) in [6.45, 7) is 4.12. The number of nitro groups is 1. The van der Waals surface area contributed by atoms with Crippen molar-refractivity contribution in [3.05, 3.63) is 63.5 Å². The predicted molar refractivity (Wildman–Crippen MR) is 115 cm³/mol. The Hall–Kier alpha value is -3.46. The Labute approximate surface area is 177 Å². The quantitative estimate of drug-likeness (QED) is 0.387. The first-order valence-corrected chi connectivity index (χ1v) is 10.2. The number of amides is 1. The summed E-state index contributed by atoms with van der Waals surface area (Å²) in [7, 11) is 0. The van der Waals surface area contributed by atoms with E-state index in [4.69, 9.17) is 9.47 Å². The molecule has 30 heavy (non-hydrogen) atoms. The van der Waals surface area contributed by atoms with Gasteiger partial charge >= 0.3 is 0 Å². The van der Waals surface area contributed by atoms with Crippen LogP contribution in [0.15, 0.2) is 47.8 Å². The van der Waals surface area contributed by atoms with E-state index in [-0.39, 0.29) is 18.2 Å². The number of nitro benzene ring substituents is 1. The molecule has 0 aliphatic rings. The minimum Gasteiger partial charge on any atom is -0.494 e. The molecule has 8 nitrogen and oxygen atoms in total. The van der Waals surface area contributed by atoms with E-state index in [1.165, 1.54) is 29.5 Å². The number of carbonyl (C=O) groups excluding carboxylic acids is 1. The first-order valence-electron chi connectivity index (χ1n) is 9.32. The van der Waals surface area contributed by atoms with Crippen LogP contribution in [-0.4, -0.2) is 29.0 Å². The summed E-state index contributed by atoms with van der Waals surface area (Å²) >= 11 is 1.32. The van der Waals surface area contributed by atoms with Gasteiger partial charge in [0.05, 0.1) is 17.2 Å². The Balaban J connectivity index is 1.54. The fourth-order valence-corrected chi connectivity index (χ4v) is 3.37. The Morgan fingerprint density at radius 3 is 2.57 bits per heavy atom. The van der Waals surface area contributed by atoms with Crippen molar-refractivity contribution in [2.75, 3.05) is 18.5 Å². The summed E-state index contributed by atoms with van der Waals surface area (Å²) in [5.74, 6) is 0.830.